The van der Waals surface area contributed by atoms with Crippen LogP contribution in [-0.4, -0.2) is 62.7 Å². The van der Waals surface area contributed by atoms with Gasteiger partial charge in [-0.25, -0.2) is 13.2 Å². The first-order chi connectivity index (χ1) is 16.6. The summed E-state index contributed by atoms with van der Waals surface area (Å²) in [5.74, 6) is -0.605. The zero-order valence-corrected chi connectivity index (χ0v) is 21.3. The number of amides is 1. The lowest BCUT2D eigenvalue weighted by Gasteiger charge is -2.36. The molecule has 1 amide bonds. The van der Waals surface area contributed by atoms with Gasteiger partial charge in [0.25, 0.3) is 5.91 Å². The first-order valence-electron chi connectivity index (χ1n) is 12.0. The molecule has 0 saturated carbocycles. The molecule has 9 nitrogen and oxygen atoms in total. The molecule has 1 spiro atoms. The highest BCUT2D eigenvalue weighted by Crippen LogP contribution is 2.38. The molecule has 190 valence electrons. The maximum atomic E-state index is 13.0. The number of nitrogens with zero attached hydrogens (tertiary/aromatic N) is 2. The normalized spacial score (nSPS) is 18.4. The molecule has 2 aliphatic heterocycles. The van der Waals surface area contributed by atoms with E-state index in [-0.39, 0.29) is 28.7 Å². The van der Waals surface area contributed by atoms with Crippen molar-refractivity contribution in [2.45, 2.75) is 51.0 Å². The molecular weight excluding hydrogens is 470 g/mol. The molecule has 10 heteroatoms. The van der Waals surface area contributed by atoms with Crippen LogP contribution in [0.1, 0.15) is 58.8 Å². The van der Waals surface area contributed by atoms with Crippen molar-refractivity contribution in [3.63, 3.8) is 0 Å². The average Bonchev–Trinajstić information content (AvgIpc) is 3.10. The Morgan fingerprint density at radius 3 is 2.57 bits per heavy atom. The van der Waals surface area contributed by atoms with Crippen LogP contribution < -0.4 is 5.32 Å². The highest BCUT2D eigenvalue weighted by molar-refractivity contribution is 7.90. The van der Waals surface area contributed by atoms with Gasteiger partial charge in [-0.05, 0) is 68.2 Å². The lowest BCUT2D eigenvalue weighted by molar-refractivity contribution is 0.0160. The Labute approximate surface area is 206 Å². The molecular formula is C25H33N3O6S. The highest BCUT2D eigenvalue weighted by Gasteiger charge is 2.39. The molecule has 4 rings (SSSR count). The topological polar surface area (TPSA) is 117 Å². The van der Waals surface area contributed by atoms with Crippen LogP contribution in [0.3, 0.4) is 0 Å². The van der Waals surface area contributed by atoms with E-state index in [9.17, 15) is 18.0 Å². The van der Waals surface area contributed by atoms with Crippen molar-refractivity contribution in [2.75, 3.05) is 32.6 Å². The number of sulfone groups is 1. The number of fused-ring (bicyclic) bond motifs is 1. The van der Waals surface area contributed by atoms with Crippen LogP contribution in [0.4, 0.5) is 0 Å². The second-order valence-corrected chi connectivity index (χ2v) is 11.8. The van der Waals surface area contributed by atoms with Gasteiger partial charge in [-0.2, -0.15) is 5.10 Å². The lowest BCUT2D eigenvalue weighted by atomic mass is 9.75. The van der Waals surface area contributed by atoms with Crippen LogP contribution in [0.5, 0.6) is 0 Å². The summed E-state index contributed by atoms with van der Waals surface area (Å²) in [6.07, 6.45) is 4.27. The summed E-state index contributed by atoms with van der Waals surface area (Å²) in [6.45, 7) is 6.76. The molecule has 2 aromatic rings. The van der Waals surface area contributed by atoms with Crippen LogP contribution in [0.2, 0.25) is 0 Å². The van der Waals surface area contributed by atoms with Gasteiger partial charge in [0.2, 0.25) is 0 Å². The second-order valence-electron chi connectivity index (χ2n) is 9.77. The number of nitrogens with one attached hydrogen (secondary N) is 1. The van der Waals surface area contributed by atoms with Gasteiger partial charge in [0.1, 0.15) is 5.69 Å². The molecule has 1 aromatic heterocycles. The summed E-state index contributed by atoms with van der Waals surface area (Å²) in [5, 5.41) is 7.88. The minimum atomic E-state index is -3.33. The van der Waals surface area contributed by atoms with Crippen molar-refractivity contribution in [3.8, 4) is 0 Å². The Hall–Kier alpha value is -2.72. The van der Waals surface area contributed by atoms with E-state index in [0.29, 0.717) is 44.0 Å². The maximum absolute atomic E-state index is 13.0. The summed E-state index contributed by atoms with van der Waals surface area (Å²) < 4.78 is 36.1. The summed E-state index contributed by atoms with van der Waals surface area (Å²) in [7, 11) is -3.33. The monoisotopic (exact) mass is 503 g/mol. The van der Waals surface area contributed by atoms with Gasteiger partial charge in [0, 0.05) is 38.1 Å². The zero-order chi connectivity index (χ0) is 25.2. The van der Waals surface area contributed by atoms with Gasteiger partial charge in [0.05, 0.1) is 22.8 Å². The predicted octanol–water partition coefficient (Wildman–Crippen LogP) is 2.42. The van der Waals surface area contributed by atoms with Gasteiger partial charge in [0.15, 0.2) is 9.84 Å². The maximum Gasteiger partial charge on any atom is 0.338 e. The van der Waals surface area contributed by atoms with Crippen LogP contribution in [-0.2, 0) is 38.7 Å². The van der Waals surface area contributed by atoms with Crippen molar-refractivity contribution in [1.29, 1.82) is 0 Å². The van der Waals surface area contributed by atoms with E-state index in [1.54, 1.807) is 4.68 Å². The number of carbonyl (C=O) groups excluding carboxylic acids is 2. The molecule has 0 aliphatic carbocycles. The Balaban J connectivity index is 1.46. The van der Waals surface area contributed by atoms with Gasteiger partial charge in [-0.1, -0.05) is 6.92 Å². The fourth-order valence-electron chi connectivity index (χ4n) is 4.86. The van der Waals surface area contributed by atoms with Crippen LogP contribution in [0, 0.1) is 11.3 Å². The first kappa shape index (κ1) is 25.4. The lowest BCUT2D eigenvalue weighted by Crippen LogP contribution is -2.40. The van der Waals surface area contributed by atoms with Crippen molar-refractivity contribution < 1.29 is 27.5 Å². The zero-order valence-electron chi connectivity index (χ0n) is 20.5. The third-order valence-electron chi connectivity index (χ3n) is 6.94. The highest BCUT2D eigenvalue weighted by atomic mass is 32.2. The second kappa shape index (κ2) is 10.1. The molecule has 1 saturated heterocycles. The molecule has 1 atom stereocenters. The molecule has 2 aliphatic rings. The predicted molar refractivity (Wildman–Crippen MR) is 129 cm³/mol. The number of ether oxygens (including phenoxy) is 2. The third-order valence-corrected chi connectivity index (χ3v) is 8.06. The van der Waals surface area contributed by atoms with Crippen LogP contribution in [0.25, 0.3) is 0 Å². The average molecular weight is 504 g/mol. The van der Waals surface area contributed by atoms with E-state index in [2.05, 4.69) is 5.32 Å². The summed E-state index contributed by atoms with van der Waals surface area (Å²) in [4.78, 5) is 25.6. The largest absolute Gasteiger partial charge is 0.462 e. The number of hydrogen-bond donors (Lipinski definition) is 1. The number of aromatic nitrogens is 2. The molecule has 0 bridgehead atoms. The van der Waals surface area contributed by atoms with E-state index in [4.69, 9.17) is 14.6 Å². The van der Waals surface area contributed by atoms with Crippen molar-refractivity contribution in [1.82, 2.24) is 15.1 Å². The third kappa shape index (κ3) is 5.59. The van der Waals surface area contributed by atoms with Crippen molar-refractivity contribution in [3.05, 3.63) is 46.8 Å². The minimum absolute atomic E-state index is 0.0181. The molecule has 35 heavy (non-hydrogen) atoms. The van der Waals surface area contributed by atoms with Crippen LogP contribution >= 0.6 is 0 Å². The standard InChI is InChI=1S/C25H33N3O6S/c1-4-28-22-20(14-25(16-26-23(22)29)9-11-33-12-10-25)21(27-28)13-17(2)15-34-24(30)18-5-7-19(8-6-18)35(3,31)32/h5-8,17H,4,9-16H2,1-3H3,(H,26,29). The SMILES string of the molecule is CCn1nc(CC(C)COC(=O)c2ccc(S(C)(=O)=O)cc2)c2c1C(=O)NCC1(CCOCC1)C2. The van der Waals surface area contributed by atoms with Gasteiger partial charge in [-0.15, -0.1) is 0 Å². The number of benzene rings is 1. The number of rotatable bonds is 7. The number of hydrogen-bond acceptors (Lipinski definition) is 7. The van der Waals surface area contributed by atoms with E-state index >= 15 is 0 Å². The van der Waals surface area contributed by atoms with E-state index in [1.807, 2.05) is 13.8 Å². The molecule has 1 fully saturated rings. The van der Waals surface area contributed by atoms with E-state index in [1.165, 1.54) is 24.3 Å². The molecule has 1 N–H and O–H groups in total. The Morgan fingerprint density at radius 1 is 1.26 bits per heavy atom. The summed E-state index contributed by atoms with van der Waals surface area (Å²) in [5.41, 5.74) is 2.79. The molecule has 1 aromatic carbocycles. The number of aryl methyl sites for hydroxylation is 1. The number of carbonyl (C=O) groups is 2. The van der Waals surface area contributed by atoms with Gasteiger partial charge >= 0.3 is 5.97 Å². The Kier molecular flexibility index (Phi) is 7.32. The summed E-state index contributed by atoms with van der Waals surface area (Å²) in [6, 6.07) is 5.72. The molecule has 0 radical (unpaired) electrons. The molecule has 1 unspecified atom stereocenters. The van der Waals surface area contributed by atoms with Crippen molar-refractivity contribution in [2.24, 2.45) is 11.3 Å². The van der Waals surface area contributed by atoms with Crippen LogP contribution in [0.15, 0.2) is 29.2 Å². The fraction of sp³-hybridized carbons (Fsp3) is 0.560. The quantitative estimate of drug-likeness (QED) is 0.577. The van der Waals surface area contributed by atoms with Crippen molar-refractivity contribution >= 4 is 21.7 Å². The smallest absolute Gasteiger partial charge is 0.338 e. The molecule has 3 heterocycles. The first-order valence-corrected chi connectivity index (χ1v) is 13.9. The number of esters is 1. The Morgan fingerprint density at radius 2 is 1.94 bits per heavy atom. The van der Waals surface area contributed by atoms with Gasteiger partial charge < -0.3 is 14.8 Å². The summed E-state index contributed by atoms with van der Waals surface area (Å²) >= 11 is 0. The van der Waals surface area contributed by atoms with E-state index in [0.717, 1.165) is 36.8 Å². The van der Waals surface area contributed by atoms with E-state index < -0.39 is 15.8 Å². The van der Waals surface area contributed by atoms with Gasteiger partial charge in [-0.3, -0.25) is 9.48 Å². The fourth-order valence-corrected chi connectivity index (χ4v) is 5.49. The Bertz CT molecular complexity index is 1200. The minimum Gasteiger partial charge on any atom is -0.462 e.